The second-order valence-corrected chi connectivity index (χ2v) is 11.5. The molecule has 48 heavy (non-hydrogen) atoms. The summed E-state index contributed by atoms with van der Waals surface area (Å²) >= 11 is 8.50. The van der Waals surface area contributed by atoms with Gasteiger partial charge in [0.05, 0.1) is 0 Å². The van der Waals surface area contributed by atoms with E-state index in [0.29, 0.717) is 5.41 Å². The van der Waals surface area contributed by atoms with E-state index in [0.717, 1.165) is 6.29 Å². The quantitative estimate of drug-likeness (QED) is 0.0803. The van der Waals surface area contributed by atoms with Gasteiger partial charge in [0.15, 0.2) is 6.29 Å². The van der Waals surface area contributed by atoms with Crippen LogP contribution in [-0.2, 0) is 69.3 Å². The van der Waals surface area contributed by atoms with Crippen LogP contribution >= 0.6 is 0 Å². The van der Waals surface area contributed by atoms with Gasteiger partial charge in [-0.1, -0.05) is 89.2 Å². The molecule has 0 bridgehead atoms. The van der Waals surface area contributed by atoms with Crippen molar-refractivity contribution in [1.82, 2.24) is 0 Å². The molecule has 1 unspecified atom stereocenters. The van der Waals surface area contributed by atoms with Crippen molar-refractivity contribution < 1.29 is 78.1 Å². The number of aliphatic hydroxyl groups excluding tert-OH is 2. The molecule has 22 heteroatoms. The molecule has 0 rings (SSSR count). The normalized spacial score (nSPS) is 8.56. The first kappa shape index (κ1) is 85.3. The van der Waals surface area contributed by atoms with Gasteiger partial charge >= 0.3 is 44.6 Å². The van der Waals surface area contributed by atoms with Crippen molar-refractivity contribution in [3.63, 3.8) is 0 Å². The molecular weight excluding hydrogens is 716 g/mol. The summed E-state index contributed by atoms with van der Waals surface area (Å²) in [5.74, 6) is 0. The van der Waals surface area contributed by atoms with Crippen molar-refractivity contribution in [3.05, 3.63) is 22.8 Å². The molecule has 1 atom stereocenters. The Kier molecular flexibility index (Phi) is 106. The number of hydrogen-bond acceptors (Lipinski definition) is 17. The molecule has 4 radical (unpaired) electrons. The number of aldehydes is 1. The van der Waals surface area contributed by atoms with Crippen LogP contribution in [0.4, 0.5) is 0 Å². The molecule has 0 aromatic carbocycles. The molecule has 0 aliphatic heterocycles. The number of carbonyl (C=O) groups is 1. The summed E-state index contributed by atoms with van der Waals surface area (Å²) in [4.78, 5) is 84.2. The molecule has 0 aromatic rings. The summed E-state index contributed by atoms with van der Waals surface area (Å²) in [5, 5.41) is 35.9. The van der Waals surface area contributed by atoms with Gasteiger partial charge in [-0.25, -0.2) is 0 Å². The average molecular weight is 768 g/mol. The van der Waals surface area contributed by atoms with Gasteiger partial charge in [-0.2, -0.15) is 38.4 Å². The predicted octanol–water partition coefficient (Wildman–Crippen LogP) is -0.405. The van der Waals surface area contributed by atoms with E-state index in [1.807, 2.05) is 26.8 Å². The van der Waals surface area contributed by atoms with E-state index >= 15 is 0 Å². The maximum absolute atomic E-state index is 9.90. The standard InChI is InChI=1S/C6H13NO3.C6H12.C5H12O2.C5H10O.4CO2.2Al.2H2O.O.S2/c1-6(2,3)5(8)4-7(9)10;1-5-6(2,3)4;1-5(2,3)4(6)7;1-5(2,3)4-6;4*2-1-3;;;;;;1-2/h5,8H,4H2,1-3H3;5H,1H2,2-4H3;4,6-7H,1-3H3;4H,1-3H3;;;;;;;2*1H2;;. The van der Waals surface area contributed by atoms with Crippen LogP contribution in [0.1, 0.15) is 83.1 Å². The Morgan fingerprint density at radius 1 is 0.688 bits per heavy atom. The summed E-state index contributed by atoms with van der Waals surface area (Å²) in [6.45, 7) is 25.8. The number of allylic oxidation sites excluding steroid dienone is 1. The predicted molar refractivity (Wildman–Crippen MR) is 174 cm³/mol. The van der Waals surface area contributed by atoms with Crippen molar-refractivity contribution in [1.29, 1.82) is 0 Å². The first-order chi connectivity index (χ1) is 20.1. The number of nitrogens with zero attached hydrogens (tertiary/aromatic N) is 1. The van der Waals surface area contributed by atoms with Gasteiger partial charge in [-0.15, -0.1) is 6.58 Å². The molecule has 0 spiro atoms. The zero-order chi connectivity index (χ0) is 39.7. The summed E-state index contributed by atoms with van der Waals surface area (Å²) < 4.78 is 8.17. The summed E-state index contributed by atoms with van der Waals surface area (Å²) in [6.07, 6.45) is 1.81. The van der Waals surface area contributed by atoms with Crippen LogP contribution in [0.5, 0.6) is 0 Å². The van der Waals surface area contributed by atoms with Crippen LogP contribution in [0, 0.1) is 31.8 Å². The van der Waals surface area contributed by atoms with Gasteiger partial charge in [0.25, 0.3) is 0 Å². The molecule has 0 saturated carbocycles. The molecule has 0 aliphatic rings. The molecule has 0 aromatic heterocycles. The summed E-state index contributed by atoms with van der Waals surface area (Å²) in [6, 6.07) is 0. The number of carbonyl (C=O) groups excluding carboxylic acids is 9. The second-order valence-electron chi connectivity index (χ2n) is 11.5. The van der Waals surface area contributed by atoms with Gasteiger partial charge in [-0.05, 0) is 10.8 Å². The number of nitro groups is 1. The molecule has 0 fully saturated rings. The maximum atomic E-state index is 9.90. The Hall–Kier alpha value is -2.57. The summed E-state index contributed by atoms with van der Waals surface area (Å²) in [5.41, 5.74) is -0.618. The van der Waals surface area contributed by atoms with Gasteiger partial charge in [0, 0.05) is 55.5 Å². The Balaban J connectivity index is -0.0000000268. The van der Waals surface area contributed by atoms with Gasteiger partial charge in [0.1, 0.15) is 12.4 Å². The fourth-order valence-corrected chi connectivity index (χ4v) is 0.415. The molecule has 7 N–H and O–H groups in total. The zero-order valence-corrected chi connectivity index (χ0v) is 33.3. The fraction of sp³-hybridized carbons (Fsp3) is 0.731. The van der Waals surface area contributed by atoms with Crippen molar-refractivity contribution in [2.75, 3.05) is 6.54 Å². The van der Waals surface area contributed by atoms with E-state index in [1.165, 1.54) is 16.2 Å². The van der Waals surface area contributed by atoms with Crippen molar-refractivity contribution in [2.24, 2.45) is 21.7 Å². The molecule has 0 aliphatic carbocycles. The number of aliphatic hydroxyl groups is 3. The summed E-state index contributed by atoms with van der Waals surface area (Å²) in [7, 11) is 0. The SMILES string of the molecule is C=CC(C)(C)C.CC(C)(C)C(O)C[N+](=O)[O-].CC(C)(C)C(O)O.CC(C)(C)C=O.O.O.O=C=O.O=C=O.O=C=O.O=C=O.S=S.[Al].[O]=[Al]. The van der Waals surface area contributed by atoms with E-state index < -0.39 is 22.7 Å². The van der Waals surface area contributed by atoms with Gasteiger partial charge in [-0.3, -0.25) is 10.1 Å². The molecule has 0 amide bonds. The van der Waals surface area contributed by atoms with Crippen LogP contribution in [0.2, 0.25) is 0 Å². The first-order valence-electron chi connectivity index (χ1n) is 11.7. The van der Waals surface area contributed by atoms with Gasteiger partial charge in [0.2, 0.25) is 6.54 Å². The molecule has 280 valence electrons. The Morgan fingerprint density at radius 2 is 0.833 bits per heavy atom. The fourth-order valence-electron chi connectivity index (χ4n) is 0.415. The monoisotopic (exact) mass is 767 g/mol. The minimum atomic E-state index is -1.20. The van der Waals surface area contributed by atoms with E-state index in [-0.39, 0.29) is 70.3 Å². The van der Waals surface area contributed by atoms with Crippen molar-refractivity contribution in [2.45, 2.75) is 95.5 Å². The topological polar surface area (TPSA) is 338 Å². The first-order valence-corrected chi connectivity index (χ1v) is 13.5. The molecule has 18 nitrogen and oxygen atoms in total. The number of rotatable bonds is 2. The van der Waals surface area contributed by atoms with Crippen LogP contribution < -0.4 is 0 Å². The Bertz CT molecular complexity index is 759. The van der Waals surface area contributed by atoms with E-state index in [9.17, 15) is 14.9 Å². The van der Waals surface area contributed by atoms with Crippen LogP contribution in [0.15, 0.2) is 12.7 Å². The minimum absolute atomic E-state index is 0. The van der Waals surface area contributed by atoms with Crippen molar-refractivity contribution in [3.8, 4) is 0 Å². The molecule has 0 heterocycles. The van der Waals surface area contributed by atoms with E-state index in [1.54, 1.807) is 41.5 Å². The van der Waals surface area contributed by atoms with E-state index in [4.69, 9.17) is 57.5 Å². The molecule has 0 saturated heterocycles. The van der Waals surface area contributed by atoms with E-state index in [2.05, 4.69) is 49.7 Å². The number of hydrogen-bond donors (Lipinski definition) is 3. The van der Waals surface area contributed by atoms with Gasteiger partial charge < -0.3 is 31.1 Å². The Morgan fingerprint density at radius 3 is 0.854 bits per heavy atom. The van der Waals surface area contributed by atoms with Crippen LogP contribution in [-0.4, -0.2) is 115 Å². The third-order valence-electron chi connectivity index (χ3n) is 3.06. The van der Waals surface area contributed by atoms with Crippen LogP contribution in [0.25, 0.3) is 0 Å². The second kappa shape index (κ2) is 59.8. The average Bonchev–Trinajstić information content (AvgIpc) is 2.87. The molecular formula is C26H51Al2NO17S2. The Labute approximate surface area is 310 Å². The van der Waals surface area contributed by atoms with Crippen molar-refractivity contribution >= 4 is 86.9 Å². The third kappa shape index (κ3) is 207. The third-order valence-corrected chi connectivity index (χ3v) is 3.06. The zero-order valence-electron chi connectivity index (χ0n) is 29.4. The van der Waals surface area contributed by atoms with Crippen LogP contribution in [0.3, 0.4) is 0 Å².